The minimum Gasteiger partial charge on any atom is -0.445 e. The van der Waals surface area contributed by atoms with E-state index in [1.165, 1.54) is 19.1 Å². The van der Waals surface area contributed by atoms with E-state index in [9.17, 15) is 18.9 Å². The van der Waals surface area contributed by atoms with E-state index in [4.69, 9.17) is 13.8 Å². The van der Waals surface area contributed by atoms with Crippen LogP contribution in [0.1, 0.15) is 45.5 Å². The summed E-state index contributed by atoms with van der Waals surface area (Å²) in [6.07, 6.45) is 0.394. The van der Waals surface area contributed by atoms with Crippen LogP contribution in [-0.2, 0) is 25.0 Å². The molecule has 0 radical (unpaired) electrons. The maximum absolute atomic E-state index is 12.9. The molecule has 176 valence electrons. The van der Waals surface area contributed by atoms with Crippen LogP contribution in [-0.4, -0.2) is 49.4 Å². The third-order valence-electron chi connectivity index (χ3n) is 5.38. The first-order valence-corrected chi connectivity index (χ1v) is 12.1. The van der Waals surface area contributed by atoms with Crippen molar-refractivity contribution in [1.29, 1.82) is 0 Å². The number of hydrogen-bond donors (Lipinski definition) is 1. The van der Waals surface area contributed by atoms with Crippen molar-refractivity contribution in [2.45, 2.75) is 31.7 Å². The molecule has 1 N–H and O–H groups in total. The lowest BCUT2D eigenvalue weighted by Crippen LogP contribution is -2.36. The van der Waals surface area contributed by atoms with Gasteiger partial charge in [-0.05, 0) is 37.0 Å². The molecule has 2 aromatic carbocycles. The maximum atomic E-state index is 12.9. The fourth-order valence-corrected chi connectivity index (χ4v) is 5.01. The van der Waals surface area contributed by atoms with Gasteiger partial charge in [0.05, 0.1) is 11.1 Å². The summed E-state index contributed by atoms with van der Waals surface area (Å²) >= 11 is 0. The molecular formula is C23H27N2O7P. The van der Waals surface area contributed by atoms with E-state index in [1.807, 2.05) is 30.3 Å². The van der Waals surface area contributed by atoms with Crippen LogP contribution in [0.5, 0.6) is 0 Å². The van der Waals surface area contributed by atoms with Crippen LogP contribution in [0.3, 0.4) is 0 Å². The second kappa shape index (κ2) is 11.2. The molecule has 10 heteroatoms. The number of nitrogens with one attached hydrogen (secondary N) is 1. The van der Waals surface area contributed by atoms with E-state index in [2.05, 4.69) is 5.32 Å². The number of amides is 3. The predicted octanol–water partition coefficient (Wildman–Crippen LogP) is 4.19. The molecule has 0 saturated heterocycles. The van der Waals surface area contributed by atoms with Crippen LogP contribution >= 0.6 is 7.60 Å². The van der Waals surface area contributed by atoms with E-state index in [0.29, 0.717) is 24.0 Å². The number of fused-ring (bicyclic) bond motifs is 1. The lowest BCUT2D eigenvalue weighted by Gasteiger charge is -2.25. The highest BCUT2D eigenvalue weighted by atomic mass is 31.2. The Morgan fingerprint density at radius 1 is 0.939 bits per heavy atom. The van der Waals surface area contributed by atoms with Crippen molar-refractivity contribution in [1.82, 2.24) is 10.2 Å². The fraction of sp³-hybridized carbons (Fsp3) is 0.348. The molecule has 33 heavy (non-hydrogen) atoms. The first-order valence-electron chi connectivity index (χ1n) is 10.5. The molecule has 0 bridgehead atoms. The van der Waals surface area contributed by atoms with Gasteiger partial charge >= 0.3 is 13.7 Å². The fourth-order valence-electron chi connectivity index (χ4n) is 3.59. The van der Waals surface area contributed by atoms with Gasteiger partial charge in [0.1, 0.15) is 12.4 Å². The molecule has 9 nitrogen and oxygen atoms in total. The molecule has 3 amide bonds. The Hall–Kier alpha value is -3.00. The molecule has 2 aromatic rings. The standard InChI is InChI=1S/C23H27N2O7P/c1-30-33(29,31-2)20(24-23(28)32-16-17-10-4-3-5-11-17)14-8-9-15-25-21(26)18-12-6-7-13-19(18)22(25)27/h3-7,10-13,20H,8-9,14-16H2,1-2H3,(H,24,28). The molecule has 1 atom stereocenters. The molecule has 0 spiro atoms. The van der Waals surface area contributed by atoms with Crippen LogP contribution in [0.15, 0.2) is 54.6 Å². The summed E-state index contributed by atoms with van der Waals surface area (Å²) in [5.41, 5.74) is 1.60. The minimum absolute atomic E-state index is 0.0589. The van der Waals surface area contributed by atoms with Crippen LogP contribution < -0.4 is 5.32 Å². The van der Waals surface area contributed by atoms with Crippen molar-refractivity contribution in [2.24, 2.45) is 0 Å². The van der Waals surface area contributed by atoms with Crippen molar-refractivity contribution < 1.29 is 32.7 Å². The van der Waals surface area contributed by atoms with Crippen molar-refractivity contribution in [3.8, 4) is 0 Å². The number of benzene rings is 2. The van der Waals surface area contributed by atoms with E-state index in [-0.39, 0.29) is 31.4 Å². The van der Waals surface area contributed by atoms with Gasteiger partial charge in [0.25, 0.3) is 11.8 Å². The summed E-state index contributed by atoms with van der Waals surface area (Å²) in [4.78, 5) is 38.4. The van der Waals surface area contributed by atoms with Crippen LogP contribution in [0.4, 0.5) is 4.79 Å². The topological polar surface area (TPSA) is 111 Å². The lowest BCUT2D eigenvalue weighted by molar-refractivity contribution is 0.0651. The number of ether oxygens (including phenoxy) is 1. The lowest BCUT2D eigenvalue weighted by atomic mass is 10.1. The molecule has 1 unspecified atom stereocenters. The van der Waals surface area contributed by atoms with Gasteiger partial charge in [0, 0.05) is 20.8 Å². The van der Waals surface area contributed by atoms with E-state index >= 15 is 0 Å². The first kappa shape index (κ1) is 24.6. The first-order chi connectivity index (χ1) is 15.9. The van der Waals surface area contributed by atoms with Gasteiger partial charge in [-0.15, -0.1) is 0 Å². The van der Waals surface area contributed by atoms with Crippen molar-refractivity contribution in [2.75, 3.05) is 20.8 Å². The molecule has 0 aromatic heterocycles. The zero-order chi connectivity index (χ0) is 23.8. The number of nitrogens with zero attached hydrogens (tertiary/aromatic N) is 1. The van der Waals surface area contributed by atoms with Gasteiger partial charge in [0.2, 0.25) is 0 Å². The van der Waals surface area contributed by atoms with Gasteiger partial charge < -0.3 is 19.1 Å². The Bertz CT molecular complexity index is 1000. The van der Waals surface area contributed by atoms with Crippen molar-refractivity contribution in [3.05, 3.63) is 71.3 Å². The highest BCUT2D eigenvalue weighted by molar-refractivity contribution is 7.54. The Labute approximate surface area is 192 Å². The van der Waals surface area contributed by atoms with Crippen molar-refractivity contribution in [3.63, 3.8) is 0 Å². The zero-order valence-electron chi connectivity index (χ0n) is 18.6. The second-order valence-electron chi connectivity index (χ2n) is 7.43. The Kier molecular flexibility index (Phi) is 8.38. The second-order valence-corrected chi connectivity index (χ2v) is 9.86. The van der Waals surface area contributed by atoms with Crippen LogP contribution in [0, 0.1) is 0 Å². The summed E-state index contributed by atoms with van der Waals surface area (Å²) < 4.78 is 28.3. The third kappa shape index (κ3) is 5.87. The van der Waals surface area contributed by atoms with Gasteiger partial charge in [-0.1, -0.05) is 42.5 Å². The number of alkyl carbamates (subject to hydrolysis) is 1. The van der Waals surface area contributed by atoms with Gasteiger partial charge in [-0.25, -0.2) is 4.79 Å². The largest absolute Gasteiger partial charge is 0.445 e. The zero-order valence-corrected chi connectivity index (χ0v) is 19.5. The smallest absolute Gasteiger partial charge is 0.408 e. The van der Waals surface area contributed by atoms with Gasteiger partial charge in [-0.3, -0.25) is 19.1 Å². The van der Waals surface area contributed by atoms with Gasteiger partial charge in [-0.2, -0.15) is 0 Å². The molecular weight excluding hydrogens is 447 g/mol. The van der Waals surface area contributed by atoms with Crippen LogP contribution in [0.25, 0.3) is 0 Å². The number of carbonyl (C=O) groups is 3. The molecule has 3 rings (SSSR count). The van der Waals surface area contributed by atoms with E-state index in [0.717, 1.165) is 5.56 Å². The number of rotatable bonds is 11. The quantitative estimate of drug-likeness (QED) is 0.295. The van der Waals surface area contributed by atoms with E-state index < -0.39 is 19.5 Å². The summed E-state index contributed by atoms with van der Waals surface area (Å²) in [6, 6.07) is 15.8. The Morgan fingerprint density at radius 3 is 2.09 bits per heavy atom. The SMILES string of the molecule is COP(=O)(OC)C(CCCCN1C(=O)c2ccccc2C1=O)NC(=O)OCc1ccccc1. The summed E-state index contributed by atoms with van der Waals surface area (Å²) in [5.74, 6) is -1.60. The number of hydrogen-bond acceptors (Lipinski definition) is 7. The molecule has 1 aliphatic rings. The Morgan fingerprint density at radius 2 is 1.52 bits per heavy atom. The predicted molar refractivity (Wildman–Crippen MR) is 121 cm³/mol. The average molecular weight is 474 g/mol. The average Bonchev–Trinajstić information content (AvgIpc) is 3.09. The molecule has 1 aliphatic heterocycles. The molecule has 0 aliphatic carbocycles. The minimum atomic E-state index is -3.64. The van der Waals surface area contributed by atoms with Crippen LogP contribution in [0.2, 0.25) is 0 Å². The Balaban J connectivity index is 1.54. The normalized spacial score (nSPS) is 14.2. The van der Waals surface area contributed by atoms with E-state index in [1.54, 1.807) is 24.3 Å². The monoisotopic (exact) mass is 474 g/mol. The summed E-state index contributed by atoms with van der Waals surface area (Å²) in [5, 5.41) is 2.57. The molecule has 0 saturated carbocycles. The summed E-state index contributed by atoms with van der Waals surface area (Å²) in [7, 11) is -1.15. The number of unbranched alkanes of at least 4 members (excludes halogenated alkanes) is 1. The highest BCUT2D eigenvalue weighted by Gasteiger charge is 2.37. The molecule has 1 heterocycles. The maximum Gasteiger partial charge on any atom is 0.408 e. The summed E-state index contributed by atoms with van der Waals surface area (Å²) in [6.45, 7) is 0.269. The highest BCUT2D eigenvalue weighted by Crippen LogP contribution is 2.52. The van der Waals surface area contributed by atoms with Crippen molar-refractivity contribution >= 4 is 25.5 Å². The number of imide groups is 1. The molecule has 0 fully saturated rings. The van der Waals surface area contributed by atoms with Gasteiger partial charge in [0.15, 0.2) is 0 Å². The third-order valence-corrected chi connectivity index (χ3v) is 7.54. The number of carbonyl (C=O) groups excluding carboxylic acids is 3.